The van der Waals surface area contributed by atoms with Gasteiger partial charge in [0, 0.05) is 0 Å². The highest BCUT2D eigenvalue weighted by Crippen LogP contribution is 2.66. The molecule has 16 heavy (non-hydrogen) atoms. The molecular weight excluding hydrogens is 211 g/mol. The van der Waals surface area contributed by atoms with E-state index in [1.807, 2.05) is 0 Å². The lowest BCUT2D eigenvalue weighted by molar-refractivity contribution is 0.510. The number of hydrogen-bond donors (Lipinski definition) is 0. The van der Waals surface area contributed by atoms with Crippen molar-refractivity contribution in [2.75, 3.05) is 6.66 Å². The molecule has 0 saturated heterocycles. The van der Waals surface area contributed by atoms with E-state index in [1.54, 1.807) is 5.30 Å². The van der Waals surface area contributed by atoms with Crippen LogP contribution in [0.1, 0.15) is 37.7 Å². The van der Waals surface area contributed by atoms with Crippen molar-refractivity contribution in [3.8, 4) is 0 Å². The second kappa shape index (κ2) is 4.00. The highest BCUT2D eigenvalue weighted by atomic mass is 31.2. The lowest BCUT2D eigenvalue weighted by Gasteiger charge is -2.38. The summed E-state index contributed by atoms with van der Waals surface area (Å²) in [5, 5.41) is 1.67. The number of fused-ring (bicyclic) bond motifs is 1. The molecule has 2 aliphatic rings. The fourth-order valence-electron chi connectivity index (χ4n) is 3.32. The lowest BCUT2D eigenvalue weighted by Crippen LogP contribution is -2.22. The molecule has 0 amide bonds. The van der Waals surface area contributed by atoms with Crippen molar-refractivity contribution in [2.24, 2.45) is 0 Å². The highest BCUT2D eigenvalue weighted by molar-refractivity contribution is 7.86. The van der Waals surface area contributed by atoms with Gasteiger partial charge in [-0.25, -0.2) is 0 Å². The third-order valence-corrected chi connectivity index (χ3v) is 8.60. The van der Waals surface area contributed by atoms with Gasteiger partial charge >= 0.3 is 0 Å². The normalized spacial score (nSPS) is 29.3. The Balaban J connectivity index is 1.97. The van der Waals surface area contributed by atoms with E-state index in [0.717, 1.165) is 5.66 Å². The summed E-state index contributed by atoms with van der Waals surface area (Å²) < 4.78 is 0. The summed E-state index contributed by atoms with van der Waals surface area (Å²) in [6.07, 6.45) is 9.66. The molecule has 1 radical (unpaired) electrons. The van der Waals surface area contributed by atoms with Gasteiger partial charge in [-0.1, -0.05) is 62.7 Å². The predicted molar refractivity (Wildman–Crippen MR) is 74.8 cm³/mol. The van der Waals surface area contributed by atoms with Crippen LogP contribution >= 0.6 is 7.26 Å². The standard InChI is InChI=1S/C15H20P/c1-16(14-8-3-2-4-9-14)12-11-13-7-5-6-10-15(13)16/h5-7,10-12,14H,2-4,8-9H2,1H3. The van der Waals surface area contributed by atoms with Crippen molar-refractivity contribution in [1.29, 1.82) is 0 Å². The minimum absolute atomic E-state index is 0.966. The Morgan fingerprint density at radius 1 is 1.06 bits per heavy atom. The molecule has 1 fully saturated rings. The first kappa shape index (κ1) is 10.5. The van der Waals surface area contributed by atoms with Gasteiger partial charge in [-0.2, -0.15) is 0 Å². The highest BCUT2D eigenvalue weighted by Gasteiger charge is 2.35. The van der Waals surface area contributed by atoms with Crippen molar-refractivity contribution in [1.82, 2.24) is 0 Å². The number of rotatable bonds is 1. The molecule has 3 rings (SSSR count). The van der Waals surface area contributed by atoms with Crippen molar-refractivity contribution < 1.29 is 0 Å². The molecule has 1 atom stereocenters. The first-order chi connectivity index (χ1) is 7.81. The fourth-order valence-corrected chi connectivity index (χ4v) is 7.14. The summed E-state index contributed by atoms with van der Waals surface area (Å²) in [5.74, 6) is 2.56. The van der Waals surface area contributed by atoms with Gasteiger partial charge in [0.15, 0.2) is 0 Å². The van der Waals surface area contributed by atoms with Gasteiger partial charge in [-0.05, 0) is 36.0 Å². The maximum Gasteiger partial charge on any atom is -0.0172 e. The van der Waals surface area contributed by atoms with E-state index >= 15 is 0 Å². The molecule has 0 N–H and O–H groups in total. The van der Waals surface area contributed by atoms with Crippen LogP contribution in [-0.4, -0.2) is 12.3 Å². The van der Waals surface area contributed by atoms with Crippen LogP contribution < -0.4 is 5.30 Å². The minimum Gasteiger partial charge on any atom is -0.0767 e. The van der Waals surface area contributed by atoms with Crippen molar-refractivity contribution in [2.45, 2.75) is 37.8 Å². The van der Waals surface area contributed by atoms with Crippen LogP contribution in [0.4, 0.5) is 0 Å². The molecule has 0 nitrogen and oxygen atoms in total. The molecule has 1 aromatic carbocycles. The maximum absolute atomic E-state index is 2.56. The summed E-state index contributed by atoms with van der Waals surface area (Å²) in [6.45, 7) is 2.55. The van der Waals surface area contributed by atoms with E-state index in [2.05, 4.69) is 42.8 Å². The van der Waals surface area contributed by atoms with E-state index in [0.29, 0.717) is 0 Å². The Hall–Kier alpha value is -0.610. The Morgan fingerprint density at radius 3 is 2.62 bits per heavy atom. The Morgan fingerprint density at radius 2 is 1.81 bits per heavy atom. The Kier molecular flexibility index (Phi) is 2.64. The molecule has 1 saturated carbocycles. The van der Waals surface area contributed by atoms with Gasteiger partial charge in [0.05, 0.1) is 0 Å². The molecule has 0 aromatic heterocycles. The molecular formula is C15H20P. The first-order valence-corrected chi connectivity index (χ1v) is 8.83. The van der Waals surface area contributed by atoms with Crippen molar-refractivity contribution >= 4 is 18.6 Å². The summed E-state index contributed by atoms with van der Waals surface area (Å²) in [4.78, 5) is 0. The zero-order valence-electron chi connectivity index (χ0n) is 10.0. The molecule has 0 spiro atoms. The van der Waals surface area contributed by atoms with Crippen LogP contribution in [0.15, 0.2) is 30.1 Å². The van der Waals surface area contributed by atoms with E-state index in [9.17, 15) is 0 Å². The number of hydrogen-bond acceptors (Lipinski definition) is 0. The van der Waals surface area contributed by atoms with E-state index < -0.39 is 7.26 Å². The molecule has 1 aliphatic heterocycles. The van der Waals surface area contributed by atoms with E-state index in [-0.39, 0.29) is 0 Å². The third kappa shape index (κ3) is 1.55. The quantitative estimate of drug-likeness (QED) is 0.633. The summed E-state index contributed by atoms with van der Waals surface area (Å²) in [6, 6.07) is 9.03. The summed E-state index contributed by atoms with van der Waals surface area (Å²) in [7, 11) is -0.966. The van der Waals surface area contributed by atoms with Gasteiger partial charge in [-0.3, -0.25) is 0 Å². The van der Waals surface area contributed by atoms with Gasteiger partial charge in [0.25, 0.3) is 0 Å². The smallest absolute Gasteiger partial charge is 0.0172 e. The second-order valence-electron chi connectivity index (χ2n) is 5.31. The van der Waals surface area contributed by atoms with E-state index in [1.165, 1.54) is 37.7 Å². The zero-order chi connectivity index (χ0) is 11.0. The molecule has 1 heterocycles. The van der Waals surface area contributed by atoms with Crippen LogP contribution in [0.25, 0.3) is 6.08 Å². The van der Waals surface area contributed by atoms with Gasteiger partial charge in [-0.15, -0.1) is 0 Å². The first-order valence-electron chi connectivity index (χ1n) is 6.45. The Labute approximate surface area is 99.1 Å². The molecule has 1 unspecified atom stereocenters. The van der Waals surface area contributed by atoms with Gasteiger partial charge in [0.2, 0.25) is 0 Å². The average molecular weight is 231 g/mol. The van der Waals surface area contributed by atoms with Crippen LogP contribution in [0.5, 0.6) is 0 Å². The molecule has 85 valence electrons. The van der Waals surface area contributed by atoms with Crippen LogP contribution in [0.3, 0.4) is 0 Å². The molecule has 0 bridgehead atoms. The molecule has 1 aliphatic carbocycles. The van der Waals surface area contributed by atoms with Crippen LogP contribution in [0, 0.1) is 0 Å². The van der Waals surface area contributed by atoms with Gasteiger partial charge in [0.1, 0.15) is 0 Å². The van der Waals surface area contributed by atoms with Crippen molar-refractivity contribution in [3.05, 3.63) is 35.6 Å². The second-order valence-corrected chi connectivity index (χ2v) is 9.12. The largest absolute Gasteiger partial charge is 0.0767 e. The summed E-state index contributed by atoms with van der Waals surface area (Å²) in [5.41, 5.74) is 2.46. The SMILES string of the molecule is C[P]1(C2CCCCC2)C=Cc2ccccc21. The lowest BCUT2D eigenvalue weighted by atomic mass is 10.0. The van der Waals surface area contributed by atoms with Crippen LogP contribution in [-0.2, 0) is 0 Å². The van der Waals surface area contributed by atoms with E-state index in [4.69, 9.17) is 0 Å². The molecule has 1 heteroatoms. The minimum atomic E-state index is -0.966. The predicted octanol–water partition coefficient (Wildman–Crippen LogP) is 4.28. The molecule has 1 aromatic rings. The van der Waals surface area contributed by atoms with Gasteiger partial charge < -0.3 is 0 Å². The maximum atomic E-state index is 2.56. The fraction of sp³-hybridized carbons (Fsp3) is 0.467. The number of benzene rings is 1. The average Bonchev–Trinajstić information content (AvgIpc) is 2.71. The topological polar surface area (TPSA) is 0 Å². The summed E-state index contributed by atoms with van der Waals surface area (Å²) >= 11 is 0. The Bertz CT molecular complexity index is 415. The third-order valence-electron chi connectivity index (χ3n) is 4.35. The van der Waals surface area contributed by atoms with Crippen molar-refractivity contribution in [3.63, 3.8) is 0 Å². The monoisotopic (exact) mass is 231 g/mol. The van der Waals surface area contributed by atoms with Crippen LogP contribution in [0.2, 0.25) is 0 Å². The zero-order valence-corrected chi connectivity index (χ0v) is 10.9.